The smallest absolute Gasteiger partial charge is 0.264 e. The van der Waals surface area contributed by atoms with Gasteiger partial charge < -0.3 is 4.74 Å². The Kier molecular flexibility index (Phi) is 5.20. The number of halogens is 1. The van der Waals surface area contributed by atoms with E-state index in [0.717, 1.165) is 12.8 Å². The lowest BCUT2D eigenvalue weighted by molar-refractivity contribution is 0.0583. The highest BCUT2D eigenvalue weighted by Gasteiger charge is 2.35. The van der Waals surface area contributed by atoms with Crippen molar-refractivity contribution in [2.75, 3.05) is 19.8 Å². The first-order valence-electron chi connectivity index (χ1n) is 11.8. The zero-order valence-corrected chi connectivity index (χ0v) is 19.9. The van der Waals surface area contributed by atoms with Crippen LogP contribution in [0.15, 0.2) is 47.3 Å². The summed E-state index contributed by atoms with van der Waals surface area (Å²) in [4.78, 5) is 46.3. The minimum atomic E-state index is -0.409. The molecule has 176 valence electrons. The SMILES string of the molecule is CCCCOCCCN1C(=O)c2ccc3c(=O)n4c5ccccc5nc4c4c(Cl)cc(c2c34)C1=O. The van der Waals surface area contributed by atoms with Crippen molar-refractivity contribution < 1.29 is 14.3 Å². The van der Waals surface area contributed by atoms with Gasteiger partial charge in [-0.3, -0.25) is 23.7 Å². The van der Waals surface area contributed by atoms with E-state index in [1.165, 1.54) is 4.90 Å². The summed E-state index contributed by atoms with van der Waals surface area (Å²) in [5.74, 6) is -0.782. The highest BCUT2D eigenvalue weighted by molar-refractivity contribution is 6.42. The first-order chi connectivity index (χ1) is 17.0. The third kappa shape index (κ3) is 3.15. The van der Waals surface area contributed by atoms with Crippen molar-refractivity contribution in [2.45, 2.75) is 26.2 Å². The number of ether oxygens (including phenoxy) is 1. The molecule has 5 aromatic rings. The van der Waals surface area contributed by atoms with Crippen molar-refractivity contribution in [3.8, 4) is 0 Å². The van der Waals surface area contributed by atoms with Crippen LogP contribution in [0.2, 0.25) is 5.02 Å². The van der Waals surface area contributed by atoms with Crippen LogP contribution in [0.1, 0.15) is 46.9 Å². The van der Waals surface area contributed by atoms with Crippen molar-refractivity contribution in [3.63, 3.8) is 0 Å². The second-order valence-corrected chi connectivity index (χ2v) is 9.24. The second kappa shape index (κ2) is 8.29. The fourth-order valence-electron chi connectivity index (χ4n) is 5.06. The highest BCUT2D eigenvalue weighted by atomic mass is 35.5. The molecule has 0 bridgehead atoms. The van der Waals surface area contributed by atoms with E-state index in [1.54, 1.807) is 22.6 Å². The van der Waals surface area contributed by atoms with E-state index >= 15 is 0 Å². The number of hydrogen-bond acceptors (Lipinski definition) is 5. The van der Waals surface area contributed by atoms with Crippen LogP contribution in [0.3, 0.4) is 0 Å². The van der Waals surface area contributed by atoms with Gasteiger partial charge in [0.15, 0.2) is 0 Å². The zero-order valence-electron chi connectivity index (χ0n) is 19.1. The van der Waals surface area contributed by atoms with Crippen LogP contribution in [0, 0.1) is 0 Å². The summed E-state index contributed by atoms with van der Waals surface area (Å²) in [6.07, 6.45) is 2.58. The van der Waals surface area contributed by atoms with E-state index in [9.17, 15) is 14.4 Å². The number of carbonyl (C=O) groups excluding carboxylic acids is 2. The first kappa shape index (κ1) is 21.9. The lowest BCUT2D eigenvalue weighted by Gasteiger charge is -2.28. The minimum absolute atomic E-state index is 0.251. The summed E-state index contributed by atoms with van der Waals surface area (Å²) >= 11 is 6.76. The number of hydrogen-bond donors (Lipinski definition) is 0. The molecule has 0 N–H and O–H groups in total. The van der Waals surface area contributed by atoms with Gasteiger partial charge in [-0.15, -0.1) is 0 Å². The van der Waals surface area contributed by atoms with Gasteiger partial charge in [-0.25, -0.2) is 4.98 Å². The van der Waals surface area contributed by atoms with E-state index in [1.807, 2.05) is 24.3 Å². The maximum Gasteiger partial charge on any atom is 0.264 e. The van der Waals surface area contributed by atoms with Crippen LogP contribution >= 0.6 is 11.6 Å². The molecule has 8 heteroatoms. The van der Waals surface area contributed by atoms with Crippen LogP contribution in [-0.4, -0.2) is 45.9 Å². The van der Waals surface area contributed by atoms with Crippen LogP contribution in [-0.2, 0) is 4.74 Å². The Morgan fingerprint density at radius 3 is 2.51 bits per heavy atom. The molecule has 35 heavy (non-hydrogen) atoms. The summed E-state index contributed by atoms with van der Waals surface area (Å²) < 4.78 is 7.14. The van der Waals surface area contributed by atoms with Gasteiger partial charge in [0, 0.05) is 46.9 Å². The average Bonchev–Trinajstić information content (AvgIpc) is 3.25. The Bertz CT molecular complexity index is 1730. The topological polar surface area (TPSA) is 81.0 Å². The minimum Gasteiger partial charge on any atom is -0.381 e. The van der Waals surface area contributed by atoms with Crippen molar-refractivity contribution in [3.05, 3.63) is 69.0 Å². The number of para-hydroxylation sites is 2. The van der Waals surface area contributed by atoms with Gasteiger partial charge in [-0.05, 0) is 43.2 Å². The van der Waals surface area contributed by atoms with Crippen molar-refractivity contribution in [1.82, 2.24) is 14.3 Å². The molecule has 0 fully saturated rings. The Morgan fingerprint density at radius 2 is 1.69 bits per heavy atom. The molecule has 0 aliphatic carbocycles. The molecule has 2 aromatic heterocycles. The monoisotopic (exact) mass is 487 g/mol. The molecular weight excluding hydrogens is 466 g/mol. The van der Waals surface area contributed by atoms with Crippen LogP contribution in [0.4, 0.5) is 0 Å². The normalized spacial score (nSPS) is 13.8. The highest BCUT2D eigenvalue weighted by Crippen LogP contribution is 2.40. The molecule has 0 spiro atoms. The molecule has 0 saturated heterocycles. The number of benzene rings is 3. The lowest BCUT2D eigenvalue weighted by Crippen LogP contribution is -2.41. The van der Waals surface area contributed by atoms with Crippen molar-refractivity contribution >= 4 is 61.6 Å². The summed E-state index contributed by atoms with van der Waals surface area (Å²) in [5.41, 5.74) is 2.23. The predicted molar refractivity (Wildman–Crippen MR) is 136 cm³/mol. The summed E-state index contributed by atoms with van der Waals surface area (Å²) in [6.45, 7) is 3.49. The fourth-order valence-corrected chi connectivity index (χ4v) is 5.34. The molecule has 1 aliphatic heterocycles. The second-order valence-electron chi connectivity index (χ2n) is 8.84. The molecule has 0 radical (unpaired) electrons. The Morgan fingerprint density at radius 1 is 0.914 bits per heavy atom. The van der Waals surface area contributed by atoms with Gasteiger partial charge in [-0.1, -0.05) is 37.1 Å². The molecule has 3 heterocycles. The summed E-state index contributed by atoms with van der Waals surface area (Å²) in [5, 5.41) is 2.27. The number of imidazole rings is 1. The first-order valence-corrected chi connectivity index (χ1v) is 12.2. The molecule has 3 aromatic carbocycles. The number of fused-ring (bicyclic) bond motifs is 4. The largest absolute Gasteiger partial charge is 0.381 e. The van der Waals surface area contributed by atoms with E-state index in [0.29, 0.717) is 74.0 Å². The molecule has 2 amide bonds. The number of amides is 2. The Balaban J connectivity index is 1.53. The van der Waals surface area contributed by atoms with Gasteiger partial charge in [-0.2, -0.15) is 0 Å². The average molecular weight is 488 g/mol. The number of rotatable bonds is 7. The number of carbonyl (C=O) groups is 2. The van der Waals surface area contributed by atoms with Crippen LogP contribution < -0.4 is 5.56 Å². The Labute approximate surface area is 205 Å². The number of imide groups is 1. The molecule has 0 unspecified atom stereocenters. The predicted octanol–water partition coefficient (Wildman–Crippen LogP) is 5.05. The Hall–Kier alpha value is -3.55. The number of aromatic nitrogens is 2. The zero-order chi connectivity index (χ0) is 24.3. The number of nitrogens with zero attached hydrogens (tertiary/aromatic N) is 3. The standard InChI is InChI=1S/C27H22ClN3O4/c1-2-3-12-35-13-6-11-30-25(32)15-9-10-16-22-21(15)17(26(30)33)14-18(28)23(22)24-29-19-7-4-5-8-20(19)31(24)27(16)34/h4-5,7-10,14H,2-3,6,11-13H2,1H3. The third-order valence-corrected chi connectivity index (χ3v) is 7.01. The maximum atomic E-state index is 13.6. The van der Waals surface area contributed by atoms with Crippen LogP contribution in [0.25, 0.3) is 38.2 Å². The summed E-state index contributed by atoms with van der Waals surface area (Å²) in [6, 6.07) is 12.3. The van der Waals surface area contributed by atoms with Crippen molar-refractivity contribution in [1.29, 1.82) is 0 Å². The third-order valence-electron chi connectivity index (χ3n) is 6.72. The number of pyridine rings is 1. The molecule has 0 atom stereocenters. The van der Waals surface area contributed by atoms with Gasteiger partial charge in [0.1, 0.15) is 5.65 Å². The molecule has 1 aliphatic rings. The van der Waals surface area contributed by atoms with Gasteiger partial charge in [0.2, 0.25) is 0 Å². The van der Waals surface area contributed by atoms with Crippen LogP contribution in [0.5, 0.6) is 0 Å². The lowest BCUT2D eigenvalue weighted by atomic mass is 9.90. The maximum absolute atomic E-state index is 13.6. The van der Waals surface area contributed by atoms with E-state index in [4.69, 9.17) is 16.3 Å². The van der Waals surface area contributed by atoms with Gasteiger partial charge >= 0.3 is 0 Å². The molecule has 7 nitrogen and oxygen atoms in total. The van der Waals surface area contributed by atoms with Gasteiger partial charge in [0.05, 0.1) is 21.6 Å². The van der Waals surface area contributed by atoms with E-state index in [-0.39, 0.29) is 18.0 Å². The quantitative estimate of drug-likeness (QED) is 0.237. The van der Waals surface area contributed by atoms with E-state index < -0.39 is 5.91 Å². The summed E-state index contributed by atoms with van der Waals surface area (Å²) in [7, 11) is 0. The van der Waals surface area contributed by atoms with Gasteiger partial charge in [0.25, 0.3) is 17.4 Å². The molecule has 6 rings (SSSR count). The van der Waals surface area contributed by atoms with E-state index in [2.05, 4.69) is 11.9 Å². The molecule has 0 saturated carbocycles. The fraction of sp³-hybridized carbons (Fsp3) is 0.259. The number of unbranched alkanes of at least 4 members (excludes halogenated alkanes) is 1. The van der Waals surface area contributed by atoms with Crippen molar-refractivity contribution in [2.24, 2.45) is 0 Å². The molecular formula is C27H22ClN3O4.